The van der Waals surface area contributed by atoms with Gasteiger partial charge in [0, 0.05) is 13.0 Å². The third kappa shape index (κ3) is 34.0. The van der Waals surface area contributed by atoms with Gasteiger partial charge in [0.1, 0.15) is 19.3 Å². The standard InChI is InChI=1S/C44H82NO8P/c1-6-8-10-12-14-15-16-17-18-19-20-24-28-32-37-49-39-41(40-51-54(47,48)50-38-36-45(3,4)5)52-44(46)35-31-27-23-21-22-26-30-34-43-42(53-43)33-29-25-13-11-9-7-2/h21,23,25-26,29-30,41-43H,6-20,22,24,27-28,31-40H2,1-5H3/p+1/b23-21-,29-25+,30-26-. The molecule has 0 aromatic rings. The Labute approximate surface area is 331 Å². The number of nitrogens with zero attached hydrogens (tertiary/aromatic N) is 1. The van der Waals surface area contributed by atoms with Crippen LogP contribution in [0.1, 0.15) is 168 Å². The smallest absolute Gasteiger partial charge is 0.457 e. The first-order valence-corrected chi connectivity index (χ1v) is 23.4. The van der Waals surface area contributed by atoms with Gasteiger partial charge in [-0.1, -0.05) is 147 Å². The van der Waals surface area contributed by atoms with Gasteiger partial charge < -0.3 is 23.6 Å². The number of hydrogen-bond donors (Lipinski definition) is 1. The predicted molar refractivity (Wildman–Crippen MR) is 224 cm³/mol. The van der Waals surface area contributed by atoms with E-state index in [0.717, 1.165) is 38.5 Å². The lowest BCUT2D eigenvalue weighted by Gasteiger charge is -2.24. The van der Waals surface area contributed by atoms with Crippen LogP contribution in [-0.2, 0) is 32.6 Å². The zero-order valence-electron chi connectivity index (χ0n) is 35.4. The summed E-state index contributed by atoms with van der Waals surface area (Å²) in [5, 5.41) is 0. The summed E-state index contributed by atoms with van der Waals surface area (Å²) in [6.07, 6.45) is 40.6. The van der Waals surface area contributed by atoms with Gasteiger partial charge in [-0.15, -0.1) is 0 Å². The van der Waals surface area contributed by atoms with Gasteiger partial charge in [-0.25, -0.2) is 4.57 Å². The second kappa shape index (κ2) is 33.8. The van der Waals surface area contributed by atoms with Crippen molar-refractivity contribution in [3.63, 3.8) is 0 Å². The van der Waals surface area contributed by atoms with E-state index < -0.39 is 13.9 Å². The summed E-state index contributed by atoms with van der Waals surface area (Å²) in [5.74, 6) is -0.370. The summed E-state index contributed by atoms with van der Waals surface area (Å²) < 4.78 is 40.7. The predicted octanol–water partition coefficient (Wildman–Crippen LogP) is 11.6. The first-order chi connectivity index (χ1) is 26.1. The maximum atomic E-state index is 12.7. The number of epoxide rings is 1. The van der Waals surface area contributed by atoms with Gasteiger partial charge in [0.25, 0.3) is 0 Å². The van der Waals surface area contributed by atoms with Crippen molar-refractivity contribution in [2.75, 3.05) is 54.1 Å². The molecule has 0 aromatic carbocycles. The molecule has 0 bridgehead atoms. The molecule has 9 nitrogen and oxygen atoms in total. The van der Waals surface area contributed by atoms with Crippen molar-refractivity contribution in [3.8, 4) is 0 Å². The topological polar surface area (TPSA) is 104 Å². The molecule has 1 rings (SSSR count). The van der Waals surface area contributed by atoms with E-state index in [1.165, 1.54) is 103 Å². The van der Waals surface area contributed by atoms with Gasteiger partial charge in [-0.05, 0) is 51.4 Å². The Morgan fingerprint density at radius 2 is 1.19 bits per heavy atom. The monoisotopic (exact) mass is 785 g/mol. The highest BCUT2D eigenvalue weighted by Gasteiger charge is 2.36. The lowest BCUT2D eigenvalue weighted by Crippen LogP contribution is -2.37. The molecule has 1 heterocycles. The Morgan fingerprint density at radius 3 is 1.80 bits per heavy atom. The fraction of sp³-hybridized carbons (Fsp3) is 0.841. The Kier molecular flexibility index (Phi) is 31.7. The number of esters is 1. The highest BCUT2D eigenvalue weighted by atomic mass is 31.2. The number of hydrogen-bond acceptors (Lipinski definition) is 7. The summed E-state index contributed by atoms with van der Waals surface area (Å²) in [4.78, 5) is 22.9. The minimum absolute atomic E-state index is 0.0766. The third-order valence-corrected chi connectivity index (χ3v) is 10.6. The number of phosphoric acid groups is 1. The first kappa shape index (κ1) is 50.7. The van der Waals surface area contributed by atoms with Gasteiger partial charge in [0.15, 0.2) is 0 Å². The van der Waals surface area contributed by atoms with Crippen molar-refractivity contribution in [1.29, 1.82) is 0 Å². The fourth-order valence-corrected chi connectivity index (χ4v) is 6.80. The summed E-state index contributed by atoms with van der Waals surface area (Å²) >= 11 is 0. The van der Waals surface area contributed by atoms with Crippen LogP contribution in [0.4, 0.5) is 0 Å². The second-order valence-corrected chi connectivity index (χ2v) is 17.6. The molecule has 0 spiro atoms. The van der Waals surface area contributed by atoms with E-state index in [1.807, 2.05) is 21.1 Å². The number of phosphoric ester groups is 1. The van der Waals surface area contributed by atoms with Crippen LogP contribution >= 0.6 is 7.82 Å². The molecule has 0 saturated carbocycles. The van der Waals surface area contributed by atoms with Gasteiger partial charge in [-0.2, -0.15) is 0 Å². The van der Waals surface area contributed by atoms with Crippen molar-refractivity contribution in [3.05, 3.63) is 36.5 Å². The molecular weight excluding hydrogens is 701 g/mol. The largest absolute Gasteiger partial charge is 0.472 e. The van der Waals surface area contributed by atoms with E-state index in [4.69, 9.17) is 23.3 Å². The van der Waals surface area contributed by atoms with Crippen molar-refractivity contribution in [1.82, 2.24) is 0 Å². The number of rotatable bonds is 39. The number of carbonyl (C=O) groups is 1. The SMILES string of the molecule is CCCCC/C=C/CC1OC1C/C=C\C/C=C\CCCC(=O)OC(COCCCCCCCCCCCCCCCC)COP(=O)(O)OCC[N+](C)(C)C. The molecule has 0 amide bonds. The van der Waals surface area contributed by atoms with Gasteiger partial charge in [0.2, 0.25) is 0 Å². The van der Waals surface area contributed by atoms with Crippen LogP contribution < -0.4 is 0 Å². The highest BCUT2D eigenvalue weighted by molar-refractivity contribution is 7.47. The normalized spacial score (nSPS) is 17.9. The van der Waals surface area contributed by atoms with Crippen LogP contribution in [-0.4, -0.2) is 87.8 Å². The number of ether oxygens (including phenoxy) is 3. The Hall–Kier alpha value is -1.32. The quantitative estimate of drug-likeness (QED) is 0.0164. The van der Waals surface area contributed by atoms with Crippen LogP contribution in [0.25, 0.3) is 0 Å². The van der Waals surface area contributed by atoms with Crippen LogP contribution in [0.2, 0.25) is 0 Å². The van der Waals surface area contributed by atoms with Gasteiger partial charge in [-0.3, -0.25) is 13.8 Å². The van der Waals surface area contributed by atoms with Crippen LogP contribution in [0.15, 0.2) is 36.5 Å². The van der Waals surface area contributed by atoms with Crippen molar-refractivity contribution in [2.45, 2.75) is 186 Å². The number of likely N-dealkylation sites (N-methyl/N-ethyl adjacent to an activating group) is 1. The van der Waals surface area contributed by atoms with Crippen molar-refractivity contribution in [2.24, 2.45) is 0 Å². The second-order valence-electron chi connectivity index (χ2n) is 16.1. The number of carbonyl (C=O) groups excluding carboxylic acids is 1. The van der Waals surface area contributed by atoms with Crippen molar-refractivity contribution < 1.29 is 42.0 Å². The molecule has 1 saturated heterocycles. The van der Waals surface area contributed by atoms with Crippen LogP contribution in [0.5, 0.6) is 0 Å². The fourth-order valence-electron chi connectivity index (χ4n) is 6.06. The zero-order chi connectivity index (χ0) is 39.6. The Balaban J connectivity index is 2.27. The lowest BCUT2D eigenvalue weighted by atomic mass is 10.0. The molecule has 10 heteroatoms. The summed E-state index contributed by atoms with van der Waals surface area (Å²) in [6.45, 7) is 5.51. The van der Waals surface area contributed by atoms with E-state index >= 15 is 0 Å². The number of unbranched alkanes of at least 4 members (excludes halogenated alkanes) is 17. The average Bonchev–Trinajstić information content (AvgIpc) is 3.88. The molecule has 4 atom stereocenters. The summed E-state index contributed by atoms with van der Waals surface area (Å²) in [7, 11) is 1.63. The minimum atomic E-state index is -4.29. The molecular formula is C44H83NO8P+. The molecule has 54 heavy (non-hydrogen) atoms. The molecule has 0 radical (unpaired) electrons. The molecule has 316 valence electrons. The molecule has 1 aliphatic rings. The average molecular weight is 785 g/mol. The van der Waals surface area contributed by atoms with Gasteiger partial charge >= 0.3 is 13.8 Å². The molecule has 1 fully saturated rings. The van der Waals surface area contributed by atoms with E-state index in [-0.39, 0.29) is 32.2 Å². The van der Waals surface area contributed by atoms with Gasteiger partial charge in [0.05, 0.1) is 46.6 Å². The molecule has 1 N–H and O–H groups in total. The van der Waals surface area contributed by atoms with E-state index in [1.54, 1.807) is 0 Å². The van der Waals surface area contributed by atoms with Crippen molar-refractivity contribution >= 4 is 13.8 Å². The summed E-state index contributed by atoms with van der Waals surface area (Å²) in [6, 6.07) is 0. The third-order valence-electron chi connectivity index (χ3n) is 9.61. The molecule has 4 unspecified atom stereocenters. The Morgan fingerprint density at radius 1 is 0.667 bits per heavy atom. The first-order valence-electron chi connectivity index (χ1n) is 21.9. The zero-order valence-corrected chi connectivity index (χ0v) is 36.3. The maximum Gasteiger partial charge on any atom is 0.472 e. The highest BCUT2D eigenvalue weighted by Crippen LogP contribution is 2.43. The van der Waals surface area contributed by atoms with E-state index in [2.05, 4.69) is 50.3 Å². The lowest BCUT2D eigenvalue weighted by molar-refractivity contribution is -0.870. The van der Waals surface area contributed by atoms with Crippen LogP contribution in [0.3, 0.4) is 0 Å². The van der Waals surface area contributed by atoms with E-state index in [9.17, 15) is 14.3 Å². The molecule has 1 aliphatic heterocycles. The minimum Gasteiger partial charge on any atom is -0.457 e. The molecule has 0 aromatic heterocycles. The number of allylic oxidation sites excluding steroid dienone is 4. The van der Waals surface area contributed by atoms with Crippen LogP contribution in [0, 0.1) is 0 Å². The Bertz CT molecular complexity index is 1030. The summed E-state index contributed by atoms with van der Waals surface area (Å²) in [5.41, 5.74) is 0. The number of quaternary nitrogens is 1. The molecule has 0 aliphatic carbocycles. The maximum absolute atomic E-state index is 12.7. The van der Waals surface area contributed by atoms with E-state index in [0.29, 0.717) is 36.3 Å².